The third-order valence-corrected chi connectivity index (χ3v) is 11.9. The van der Waals surface area contributed by atoms with Crippen LogP contribution in [0.4, 0.5) is 5.69 Å². The van der Waals surface area contributed by atoms with Gasteiger partial charge >= 0.3 is 5.97 Å². The first-order valence-corrected chi connectivity index (χ1v) is 24.9. The molecule has 66 heavy (non-hydrogen) atoms. The van der Waals surface area contributed by atoms with Gasteiger partial charge in [0.2, 0.25) is 23.5 Å². The second kappa shape index (κ2) is 22.1. The standard InChI is InChI=1S/C18H18N2O6S.C11H16N2OSi.C9H8N2O2.C8H8N2O/c1-25-13-4-6-14(7-5-13)27(23,24)20-11-12(3-8-18(21)22)15-9-17(26-2)19-10-16(15)20;1-14-11-7-9(10(12)8-13-11)5-6-15(2,3)4;1-13-9-2-7-6(5-12)3-10-8(7)4-11-9;1-11-8-4-6-2-3-9-7(6)5-10-8/h4-7,9-11H,3,8H2,1-2H3,(H,21,22);7-8H,12H2,1-4H3;2-5,10H,1H3;2-5,9H,1H3. The highest BCUT2D eigenvalue weighted by molar-refractivity contribution is 7.90. The number of rotatable bonds is 11. The van der Waals surface area contributed by atoms with Crippen molar-refractivity contribution in [2.45, 2.75) is 37.4 Å². The average molecular weight is 935 g/mol. The highest BCUT2D eigenvalue weighted by Crippen LogP contribution is 2.29. The van der Waals surface area contributed by atoms with Crippen LogP contribution in [0.5, 0.6) is 29.3 Å². The molecule has 5 N–H and O–H groups in total. The van der Waals surface area contributed by atoms with Gasteiger partial charge in [-0.2, -0.15) is 0 Å². The molecule has 8 rings (SSSR count). The topological polar surface area (TPSA) is 249 Å². The maximum Gasteiger partial charge on any atom is 0.303 e. The maximum absolute atomic E-state index is 13.1. The Morgan fingerprint density at radius 1 is 0.788 bits per heavy atom. The number of aromatic amines is 2. The highest BCUT2D eigenvalue weighted by Gasteiger charge is 2.22. The fraction of sp³-hybridized carbons (Fsp3) is 0.217. The molecule has 7 heterocycles. The molecule has 0 amide bonds. The number of nitrogens with one attached hydrogen (secondary N) is 2. The van der Waals surface area contributed by atoms with Crippen LogP contribution in [-0.4, -0.2) is 103 Å². The first kappa shape index (κ1) is 49.1. The molecule has 0 saturated carbocycles. The molecule has 7 aromatic heterocycles. The van der Waals surface area contributed by atoms with E-state index in [2.05, 4.69) is 61.0 Å². The molecule has 0 spiro atoms. The Hall–Kier alpha value is -7.89. The summed E-state index contributed by atoms with van der Waals surface area (Å²) in [6.45, 7) is 6.57. The van der Waals surface area contributed by atoms with Gasteiger partial charge in [0.25, 0.3) is 10.0 Å². The molecule has 20 heteroatoms. The second-order valence-electron chi connectivity index (χ2n) is 15.0. The molecule has 0 atom stereocenters. The van der Waals surface area contributed by atoms with Crippen LogP contribution in [0, 0.1) is 11.5 Å². The number of carbonyl (C=O) groups excluding carboxylic acids is 1. The number of H-pyrrole nitrogens is 2. The molecular formula is C46H50N8O10SSi. The zero-order valence-corrected chi connectivity index (χ0v) is 39.4. The number of ether oxygens (including phenoxy) is 5. The molecule has 0 aliphatic carbocycles. The minimum atomic E-state index is -3.89. The van der Waals surface area contributed by atoms with Gasteiger partial charge in [0.1, 0.15) is 13.8 Å². The summed E-state index contributed by atoms with van der Waals surface area (Å²) in [5.41, 5.74) is 13.9. The van der Waals surface area contributed by atoms with Crippen molar-refractivity contribution in [3.05, 3.63) is 115 Å². The molecule has 344 valence electrons. The molecule has 0 radical (unpaired) electrons. The lowest BCUT2D eigenvalue weighted by Crippen LogP contribution is -2.16. The van der Waals surface area contributed by atoms with E-state index in [1.165, 1.54) is 38.7 Å². The van der Waals surface area contributed by atoms with E-state index in [1.807, 2.05) is 18.3 Å². The van der Waals surface area contributed by atoms with Crippen molar-refractivity contribution in [3.63, 3.8) is 0 Å². The Bertz CT molecular complexity index is 3110. The maximum atomic E-state index is 13.1. The Balaban J connectivity index is 0.000000177. The number of nitrogens with zero attached hydrogens (tertiary/aromatic N) is 5. The monoisotopic (exact) mass is 934 g/mol. The summed E-state index contributed by atoms with van der Waals surface area (Å²) in [6.07, 6.45) is 12.2. The van der Waals surface area contributed by atoms with E-state index in [-0.39, 0.29) is 17.7 Å². The summed E-state index contributed by atoms with van der Waals surface area (Å²) in [7, 11) is 2.42. The Kier molecular flexibility index (Phi) is 16.5. The number of anilines is 1. The van der Waals surface area contributed by atoms with Crippen LogP contribution in [0.1, 0.15) is 27.9 Å². The van der Waals surface area contributed by atoms with Crippen LogP contribution in [0.2, 0.25) is 19.6 Å². The summed E-state index contributed by atoms with van der Waals surface area (Å²) in [5.74, 6) is 4.70. The molecular weight excluding hydrogens is 885 g/mol. The number of pyridine rings is 4. The van der Waals surface area contributed by atoms with Crippen molar-refractivity contribution in [1.29, 1.82) is 0 Å². The summed E-state index contributed by atoms with van der Waals surface area (Å²) >= 11 is 0. The van der Waals surface area contributed by atoms with Gasteiger partial charge in [-0.15, -0.1) is 5.54 Å². The Morgan fingerprint density at radius 3 is 1.98 bits per heavy atom. The van der Waals surface area contributed by atoms with Crippen LogP contribution in [0.3, 0.4) is 0 Å². The number of aryl methyl sites for hydroxylation is 1. The van der Waals surface area contributed by atoms with E-state index >= 15 is 0 Å². The predicted molar refractivity (Wildman–Crippen MR) is 254 cm³/mol. The molecule has 0 fully saturated rings. The number of nitrogen functional groups attached to an aromatic ring is 1. The number of hydrogen-bond donors (Lipinski definition) is 4. The summed E-state index contributed by atoms with van der Waals surface area (Å²) in [6, 6.07) is 15.0. The minimum Gasteiger partial charge on any atom is -0.497 e. The first-order chi connectivity index (χ1) is 31.5. The average Bonchev–Trinajstić information content (AvgIpc) is 4.07. The molecule has 0 bridgehead atoms. The van der Waals surface area contributed by atoms with Gasteiger partial charge in [-0.25, -0.2) is 32.3 Å². The number of aliphatic carboxylic acids is 1. The lowest BCUT2D eigenvalue weighted by atomic mass is 10.1. The second-order valence-corrected chi connectivity index (χ2v) is 21.6. The zero-order valence-electron chi connectivity index (χ0n) is 37.6. The number of benzene rings is 1. The van der Waals surface area contributed by atoms with Crippen LogP contribution in [0.15, 0.2) is 103 Å². The van der Waals surface area contributed by atoms with Gasteiger partial charge in [-0.1, -0.05) is 25.6 Å². The van der Waals surface area contributed by atoms with Crippen molar-refractivity contribution < 1.29 is 46.8 Å². The summed E-state index contributed by atoms with van der Waals surface area (Å²) in [4.78, 5) is 43.8. The van der Waals surface area contributed by atoms with Crippen molar-refractivity contribution in [2.24, 2.45) is 0 Å². The van der Waals surface area contributed by atoms with Gasteiger partial charge in [0, 0.05) is 71.0 Å². The SMILES string of the molecule is COc1cc(C#C[Si](C)(C)C)c(N)cn1.COc1cc2c(C=O)c[nH]c2cn1.COc1cc2cc[nH]c2cn1.COc1ccc(S(=O)(=O)n2cc(CCC(=O)O)c3cc(OC)ncc32)cc1. The van der Waals surface area contributed by atoms with Gasteiger partial charge < -0.3 is 44.5 Å². The summed E-state index contributed by atoms with van der Waals surface area (Å²) < 4.78 is 52.4. The van der Waals surface area contributed by atoms with Gasteiger partial charge in [0.15, 0.2) is 6.29 Å². The molecule has 0 unspecified atom stereocenters. The quantitative estimate of drug-likeness (QED) is 0.0570. The molecule has 1 aromatic carbocycles. The van der Waals surface area contributed by atoms with E-state index in [4.69, 9.17) is 34.5 Å². The van der Waals surface area contributed by atoms with E-state index in [0.717, 1.165) is 37.6 Å². The summed E-state index contributed by atoms with van der Waals surface area (Å²) in [5, 5.41) is 11.5. The number of fused-ring (bicyclic) bond motifs is 3. The number of aromatic nitrogens is 7. The van der Waals surface area contributed by atoms with Gasteiger partial charge in [-0.05, 0) is 42.3 Å². The largest absolute Gasteiger partial charge is 0.497 e. The normalized spacial score (nSPS) is 10.8. The number of aldehydes is 1. The van der Waals surface area contributed by atoms with Crippen molar-refractivity contribution in [1.82, 2.24) is 33.9 Å². The lowest BCUT2D eigenvalue weighted by molar-refractivity contribution is -0.136. The smallest absolute Gasteiger partial charge is 0.303 e. The number of carboxylic acid groups (broad SMARTS) is 1. The molecule has 0 aliphatic heterocycles. The highest BCUT2D eigenvalue weighted by atomic mass is 32.2. The number of hydrogen-bond acceptors (Lipinski definition) is 14. The number of nitrogens with two attached hydrogens (primary N) is 1. The van der Waals surface area contributed by atoms with Gasteiger partial charge in [0.05, 0.1) is 93.0 Å². The van der Waals surface area contributed by atoms with Crippen LogP contribution in [-0.2, 0) is 21.2 Å². The third kappa shape index (κ3) is 12.6. The fourth-order valence-corrected chi connectivity index (χ4v) is 7.84. The zero-order chi connectivity index (χ0) is 48.0. The molecule has 18 nitrogen and oxygen atoms in total. The van der Waals surface area contributed by atoms with Crippen molar-refractivity contribution >= 4 is 68.7 Å². The fourth-order valence-electron chi connectivity index (χ4n) is 5.95. The Morgan fingerprint density at radius 2 is 1.38 bits per heavy atom. The van der Waals surface area contributed by atoms with Crippen molar-refractivity contribution in [2.75, 3.05) is 41.3 Å². The third-order valence-electron chi connectivity index (χ3n) is 9.37. The number of carbonyl (C=O) groups is 2. The lowest BCUT2D eigenvalue weighted by Gasteiger charge is -2.08. The number of carboxylic acids is 1. The Labute approximate surface area is 382 Å². The van der Waals surface area contributed by atoms with E-state index in [0.29, 0.717) is 57.0 Å². The molecule has 8 aromatic rings. The van der Waals surface area contributed by atoms with Crippen LogP contribution in [0.25, 0.3) is 32.7 Å². The van der Waals surface area contributed by atoms with Gasteiger partial charge in [-0.3, -0.25) is 9.59 Å². The molecule has 0 aliphatic rings. The van der Waals surface area contributed by atoms with Crippen LogP contribution >= 0.6 is 0 Å². The predicted octanol–water partition coefficient (Wildman–Crippen LogP) is 7.16. The van der Waals surface area contributed by atoms with Crippen molar-refractivity contribution in [3.8, 4) is 40.7 Å². The molecule has 0 saturated heterocycles. The first-order valence-electron chi connectivity index (χ1n) is 20.0. The minimum absolute atomic E-state index is 0.0841. The van der Waals surface area contributed by atoms with E-state index < -0.39 is 24.1 Å². The number of methoxy groups -OCH3 is 5. The van der Waals surface area contributed by atoms with E-state index in [1.54, 1.807) is 76.4 Å². The van der Waals surface area contributed by atoms with Crippen LogP contribution < -0.4 is 29.4 Å². The van der Waals surface area contributed by atoms with E-state index in [9.17, 15) is 18.0 Å².